The standard InChI is InChI=1S/C6H7BN2O2/c1-4-2-5(9(10)11)6(7)8-3-4/h2-3H,7H2,1H3. The van der Waals surface area contributed by atoms with Gasteiger partial charge in [-0.3, -0.25) is 15.1 Å². The average molecular weight is 150 g/mol. The number of nitro groups is 1. The summed E-state index contributed by atoms with van der Waals surface area (Å²) in [5.74, 6) is 0. The third-order valence-electron chi connectivity index (χ3n) is 1.39. The van der Waals surface area contributed by atoms with Crippen molar-refractivity contribution in [3.05, 3.63) is 27.9 Å². The van der Waals surface area contributed by atoms with Crippen LogP contribution in [0.3, 0.4) is 0 Å². The minimum Gasteiger partial charge on any atom is -0.265 e. The number of nitrogens with zero attached hydrogens (tertiary/aromatic N) is 2. The summed E-state index contributed by atoms with van der Waals surface area (Å²) in [6.07, 6.45) is 1.61. The molecule has 0 aromatic carbocycles. The summed E-state index contributed by atoms with van der Waals surface area (Å²) in [5, 5.41) is 10.3. The van der Waals surface area contributed by atoms with Crippen LogP contribution in [0.1, 0.15) is 5.56 Å². The van der Waals surface area contributed by atoms with Crippen molar-refractivity contribution in [2.75, 3.05) is 0 Å². The van der Waals surface area contributed by atoms with E-state index in [1.54, 1.807) is 21.0 Å². The summed E-state index contributed by atoms with van der Waals surface area (Å²) in [4.78, 5) is 13.8. The molecule has 1 aromatic rings. The Morgan fingerprint density at radius 2 is 2.36 bits per heavy atom. The van der Waals surface area contributed by atoms with Crippen LogP contribution in [0.2, 0.25) is 0 Å². The molecule has 0 bridgehead atoms. The van der Waals surface area contributed by atoms with Gasteiger partial charge in [-0.25, -0.2) is 0 Å². The lowest BCUT2D eigenvalue weighted by molar-refractivity contribution is -0.383. The second-order valence-corrected chi connectivity index (χ2v) is 2.37. The number of hydrogen-bond acceptors (Lipinski definition) is 3. The highest BCUT2D eigenvalue weighted by Gasteiger charge is 2.09. The Morgan fingerprint density at radius 3 is 2.82 bits per heavy atom. The van der Waals surface area contributed by atoms with Gasteiger partial charge in [0, 0.05) is 12.3 Å². The van der Waals surface area contributed by atoms with Crippen LogP contribution in [-0.2, 0) is 0 Å². The van der Waals surface area contributed by atoms with Crippen LogP contribution in [0.5, 0.6) is 0 Å². The topological polar surface area (TPSA) is 56.0 Å². The average Bonchev–Trinajstić information content (AvgIpc) is 1.94. The summed E-state index contributed by atoms with van der Waals surface area (Å²) in [5.41, 5.74) is 1.35. The van der Waals surface area contributed by atoms with Crippen molar-refractivity contribution in [1.82, 2.24) is 4.98 Å². The number of hydrogen-bond donors (Lipinski definition) is 0. The first-order valence-electron chi connectivity index (χ1n) is 3.19. The maximum Gasteiger partial charge on any atom is 0.280 e. The predicted molar refractivity (Wildman–Crippen MR) is 43.8 cm³/mol. The van der Waals surface area contributed by atoms with E-state index in [-0.39, 0.29) is 5.69 Å². The Morgan fingerprint density at radius 1 is 1.73 bits per heavy atom. The summed E-state index contributed by atoms with van der Waals surface area (Å²) in [7, 11) is 1.62. The molecule has 0 unspecified atom stereocenters. The summed E-state index contributed by atoms with van der Waals surface area (Å²) in [6, 6.07) is 1.52. The highest BCUT2D eigenvalue weighted by molar-refractivity contribution is 6.33. The summed E-state index contributed by atoms with van der Waals surface area (Å²) < 4.78 is 0. The van der Waals surface area contributed by atoms with Crippen molar-refractivity contribution in [1.29, 1.82) is 0 Å². The lowest BCUT2D eigenvalue weighted by atomic mass is 10.0. The van der Waals surface area contributed by atoms with Crippen LogP contribution in [0.15, 0.2) is 12.3 Å². The Hall–Kier alpha value is -1.39. The molecule has 0 amide bonds. The first kappa shape index (κ1) is 7.72. The summed E-state index contributed by atoms with van der Waals surface area (Å²) in [6.45, 7) is 1.78. The summed E-state index contributed by atoms with van der Waals surface area (Å²) >= 11 is 0. The third kappa shape index (κ3) is 1.55. The fraction of sp³-hybridized carbons (Fsp3) is 0.167. The quantitative estimate of drug-likeness (QED) is 0.309. The predicted octanol–water partition coefficient (Wildman–Crippen LogP) is -0.443. The van der Waals surface area contributed by atoms with Gasteiger partial charge in [-0.2, -0.15) is 0 Å². The zero-order chi connectivity index (χ0) is 8.43. The molecule has 0 radical (unpaired) electrons. The molecule has 0 saturated heterocycles. The number of aromatic nitrogens is 1. The van der Waals surface area contributed by atoms with Crippen molar-refractivity contribution in [2.45, 2.75) is 6.92 Å². The normalized spacial score (nSPS) is 9.55. The van der Waals surface area contributed by atoms with Gasteiger partial charge in [0.1, 0.15) is 0 Å². The van der Waals surface area contributed by atoms with Gasteiger partial charge in [0.05, 0.1) is 10.5 Å². The minimum absolute atomic E-state index is 0.0880. The molecule has 0 N–H and O–H groups in total. The molecule has 0 saturated carbocycles. The monoisotopic (exact) mass is 150 g/mol. The molecule has 0 aliphatic rings. The van der Waals surface area contributed by atoms with Gasteiger partial charge < -0.3 is 0 Å². The molecule has 1 rings (SSSR count). The maximum atomic E-state index is 10.3. The van der Waals surface area contributed by atoms with Crippen LogP contribution >= 0.6 is 0 Å². The molecular weight excluding hydrogens is 143 g/mol. The van der Waals surface area contributed by atoms with Crippen molar-refractivity contribution < 1.29 is 4.92 Å². The van der Waals surface area contributed by atoms with Crippen LogP contribution in [0.25, 0.3) is 0 Å². The van der Waals surface area contributed by atoms with Crippen LogP contribution in [0, 0.1) is 17.0 Å². The molecule has 1 aromatic heterocycles. The van der Waals surface area contributed by atoms with Gasteiger partial charge in [0.25, 0.3) is 5.69 Å². The smallest absolute Gasteiger partial charge is 0.265 e. The highest BCUT2D eigenvalue weighted by atomic mass is 16.6. The van der Waals surface area contributed by atoms with Gasteiger partial charge in [-0.1, -0.05) is 0 Å². The molecule has 0 spiro atoms. The van der Waals surface area contributed by atoms with Gasteiger partial charge in [0.15, 0.2) is 7.85 Å². The molecule has 0 aliphatic carbocycles. The maximum absolute atomic E-state index is 10.3. The molecule has 0 aliphatic heterocycles. The largest absolute Gasteiger partial charge is 0.280 e. The molecule has 0 fully saturated rings. The Labute approximate surface area is 64.8 Å². The third-order valence-corrected chi connectivity index (χ3v) is 1.39. The molecule has 1 heterocycles. The van der Waals surface area contributed by atoms with Crippen LogP contribution < -0.4 is 5.59 Å². The van der Waals surface area contributed by atoms with E-state index in [0.717, 1.165) is 5.56 Å². The van der Waals surface area contributed by atoms with E-state index in [1.807, 2.05) is 0 Å². The zero-order valence-corrected chi connectivity index (χ0v) is 6.37. The van der Waals surface area contributed by atoms with Crippen molar-refractivity contribution in [2.24, 2.45) is 0 Å². The van der Waals surface area contributed by atoms with Gasteiger partial charge in [-0.05, 0) is 12.5 Å². The zero-order valence-electron chi connectivity index (χ0n) is 6.37. The van der Waals surface area contributed by atoms with Gasteiger partial charge in [0.2, 0.25) is 0 Å². The van der Waals surface area contributed by atoms with Crippen LogP contribution in [0.4, 0.5) is 5.69 Å². The first-order valence-corrected chi connectivity index (χ1v) is 3.19. The van der Waals surface area contributed by atoms with E-state index >= 15 is 0 Å². The van der Waals surface area contributed by atoms with E-state index in [1.165, 1.54) is 6.07 Å². The number of rotatable bonds is 1. The van der Waals surface area contributed by atoms with Crippen molar-refractivity contribution in [3.8, 4) is 0 Å². The molecule has 4 nitrogen and oxygen atoms in total. The van der Waals surface area contributed by atoms with Gasteiger partial charge in [-0.15, -0.1) is 0 Å². The minimum atomic E-state index is -0.421. The lowest BCUT2D eigenvalue weighted by Gasteiger charge is -1.96. The molecule has 5 heteroatoms. The van der Waals surface area contributed by atoms with E-state index in [4.69, 9.17) is 0 Å². The fourth-order valence-corrected chi connectivity index (χ4v) is 0.807. The Balaban J connectivity index is 3.23. The molecule has 56 valence electrons. The first-order chi connectivity index (χ1) is 5.11. The highest BCUT2D eigenvalue weighted by Crippen LogP contribution is 2.06. The second kappa shape index (κ2) is 2.69. The molecule has 0 atom stereocenters. The molecular formula is C6H7BN2O2. The number of aryl methyl sites for hydroxylation is 1. The van der Waals surface area contributed by atoms with E-state index in [9.17, 15) is 10.1 Å². The number of pyridine rings is 1. The van der Waals surface area contributed by atoms with Crippen molar-refractivity contribution >= 4 is 19.1 Å². The van der Waals surface area contributed by atoms with E-state index < -0.39 is 4.92 Å². The van der Waals surface area contributed by atoms with Crippen LogP contribution in [-0.4, -0.2) is 17.8 Å². The SMILES string of the molecule is Bc1ncc(C)cc1[N+](=O)[O-]. The fourth-order valence-electron chi connectivity index (χ4n) is 0.807. The molecule has 11 heavy (non-hydrogen) atoms. The Kier molecular flexibility index (Phi) is 1.89. The lowest BCUT2D eigenvalue weighted by Crippen LogP contribution is -2.13. The second-order valence-electron chi connectivity index (χ2n) is 2.37. The van der Waals surface area contributed by atoms with E-state index in [0.29, 0.717) is 5.59 Å². The Bertz CT molecular complexity index is 301. The van der Waals surface area contributed by atoms with E-state index in [2.05, 4.69) is 4.98 Å². The van der Waals surface area contributed by atoms with Crippen molar-refractivity contribution in [3.63, 3.8) is 0 Å². The van der Waals surface area contributed by atoms with Gasteiger partial charge >= 0.3 is 0 Å².